The summed E-state index contributed by atoms with van der Waals surface area (Å²) in [7, 11) is 1.59. The third kappa shape index (κ3) is 4.48. The van der Waals surface area contributed by atoms with Crippen LogP contribution in [0.5, 0.6) is 11.5 Å². The second-order valence-corrected chi connectivity index (χ2v) is 8.09. The smallest absolute Gasteiger partial charge is 0.229 e. The lowest BCUT2D eigenvalue weighted by molar-refractivity contribution is -0.138. The number of fused-ring (bicyclic) bond motifs is 1. The molecule has 31 heavy (non-hydrogen) atoms. The Labute approximate surface area is 186 Å². The summed E-state index contributed by atoms with van der Waals surface area (Å²) in [5.41, 5.74) is 8.12. The highest BCUT2D eigenvalue weighted by molar-refractivity contribution is 6.31. The highest BCUT2D eigenvalue weighted by Gasteiger charge is 2.28. The molecule has 7 nitrogen and oxygen atoms in total. The highest BCUT2D eigenvalue weighted by Crippen LogP contribution is 2.33. The number of carbonyl (C=O) groups is 2. The van der Waals surface area contributed by atoms with Crippen molar-refractivity contribution < 1.29 is 19.1 Å². The minimum absolute atomic E-state index is 0.136. The van der Waals surface area contributed by atoms with Crippen LogP contribution >= 0.6 is 11.6 Å². The van der Waals surface area contributed by atoms with Gasteiger partial charge in [0.05, 0.1) is 19.3 Å². The predicted molar refractivity (Wildman–Crippen MR) is 119 cm³/mol. The van der Waals surface area contributed by atoms with Gasteiger partial charge in [0.25, 0.3) is 0 Å². The van der Waals surface area contributed by atoms with Crippen LogP contribution in [-0.4, -0.2) is 43.5 Å². The first-order chi connectivity index (χ1) is 15.0. The summed E-state index contributed by atoms with van der Waals surface area (Å²) in [6.45, 7) is 4.07. The molecule has 2 aromatic carbocycles. The third-order valence-corrected chi connectivity index (χ3v) is 6.22. The van der Waals surface area contributed by atoms with Gasteiger partial charge in [-0.25, -0.2) is 5.43 Å². The zero-order valence-electron chi connectivity index (χ0n) is 17.7. The number of ether oxygens (including phenoxy) is 2. The second-order valence-electron chi connectivity index (χ2n) is 7.68. The third-order valence-electron chi connectivity index (χ3n) is 5.81. The van der Waals surface area contributed by atoms with Crippen LogP contribution in [0, 0.1) is 6.92 Å². The van der Waals surface area contributed by atoms with Crippen molar-refractivity contribution >= 4 is 29.1 Å². The number of anilines is 1. The van der Waals surface area contributed by atoms with Crippen molar-refractivity contribution in [3.05, 3.63) is 52.0 Å². The van der Waals surface area contributed by atoms with E-state index in [1.54, 1.807) is 7.11 Å². The van der Waals surface area contributed by atoms with E-state index in [0.717, 1.165) is 29.1 Å². The van der Waals surface area contributed by atoms with Gasteiger partial charge in [-0.15, -0.1) is 0 Å². The van der Waals surface area contributed by atoms with Gasteiger partial charge < -0.3 is 14.5 Å². The monoisotopic (exact) mass is 443 g/mol. The first kappa shape index (κ1) is 21.5. The Morgan fingerprint density at radius 3 is 2.58 bits per heavy atom. The fraction of sp³-hybridized carbons (Fsp3) is 0.391. The highest BCUT2D eigenvalue weighted by atomic mass is 35.5. The molecular weight excluding hydrogens is 418 g/mol. The molecule has 0 saturated carbocycles. The van der Waals surface area contributed by atoms with Crippen LogP contribution in [0.25, 0.3) is 0 Å². The van der Waals surface area contributed by atoms with Gasteiger partial charge in [-0.2, -0.15) is 0 Å². The van der Waals surface area contributed by atoms with Crippen molar-refractivity contribution in [2.24, 2.45) is 0 Å². The summed E-state index contributed by atoms with van der Waals surface area (Å²) >= 11 is 6.25. The molecule has 0 radical (unpaired) electrons. The van der Waals surface area contributed by atoms with Crippen LogP contribution in [0.3, 0.4) is 0 Å². The fourth-order valence-electron chi connectivity index (χ4n) is 4.04. The number of rotatable bonds is 8. The van der Waals surface area contributed by atoms with E-state index in [1.807, 2.05) is 24.3 Å². The number of hydrogen-bond donors (Lipinski definition) is 1. The van der Waals surface area contributed by atoms with Crippen LogP contribution in [0.4, 0.5) is 5.69 Å². The number of hydrogen-bond acceptors (Lipinski definition) is 6. The Bertz CT molecular complexity index is 995. The average molecular weight is 444 g/mol. The van der Waals surface area contributed by atoms with Gasteiger partial charge >= 0.3 is 0 Å². The van der Waals surface area contributed by atoms with Crippen molar-refractivity contribution in [1.82, 2.24) is 10.3 Å². The van der Waals surface area contributed by atoms with Crippen LogP contribution < -0.4 is 19.9 Å². The number of carbonyl (C=O) groups excluding carboxylic acids is 2. The number of likely N-dealkylation sites (tertiary alicyclic amines) is 1. The van der Waals surface area contributed by atoms with Crippen LogP contribution in [0.15, 0.2) is 30.3 Å². The number of hydrazine groups is 1. The lowest BCUT2D eigenvalue weighted by Crippen LogP contribution is -2.35. The topological polar surface area (TPSA) is 71.1 Å². The molecule has 164 valence electrons. The van der Waals surface area contributed by atoms with E-state index < -0.39 is 0 Å². The number of methoxy groups -OCH3 is 1. The Morgan fingerprint density at radius 2 is 1.84 bits per heavy atom. The zero-order valence-corrected chi connectivity index (χ0v) is 18.5. The summed E-state index contributed by atoms with van der Waals surface area (Å²) in [6.07, 6.45) is 1.54. The lowest BCUT2D eigenvalue weighted by atomic mass is 10.1. The maximum Gasteiger partial charge on any atom is 0.229 e. The number of nitrogens with one attached hydrogen (secondary N) is 1. The Morgan fingerprint density at radius 1 is 1.06 bits per heavy atom. The molecule has 1 fully saturated rings. The van der Waals surface area contributed by atoms with E-state index in [4.69, 9.17) is 21.1 Å². The summed E-state index contributed by atoms with van der Waals surface area (Å²) < 4.78 is 11.3. The van der Waals surface area contributed by atoms with E-state index in [0.29, 0.717) is 18.0 Å². The SMILES string of the molecule is COc1cc(CNN2CCc3c2ccc(Cl)c3C)ccc1OCCN1C(=O)CCC1=O. The summed E-state index contributed by atoms with van der Waals surface area (Å²) in [4.78, 5) is 24.6. The Kier molecular flexibility index (Phi) is 6.34. The van der Waals surface area contributed by atoms with Crippen LogP contribution in [-0.2, 0) is 22.6 Å². The lowest BCUT2D eigenvalue weighted by Gasteiger charge is -2.21. The molecule has 2 heterocycles. The van der Waals surface area contributed by atoms with E-state index in [9.17, 15) is 9.59 Å². The maximum atomic E-state index is 11.7. The number of nitrogens with zero attached hydrogens (tertiary/aromatic N) is 2. The Balaban J connectivity index is 1.35. The zero-order chi connectivity index (χ0) is 22.0. The number of benzene rings is 2. The van der Waals surface area contributed by atoms with Gasteiger partial charge in [-0.1, -0.05) is 17.7 Å². The second kappa shape index (κ2) is 9.16. The molecular formula is C23H26ClN3O4. The van der Waals surface area contributed by atoms with Gasteiger partial charge in [0.15, 0.2) is 11.5 Å². The predicted octanol–water partition coefficient (Wildman–Crippen LogP) is 3.25. The van der Waals surface area contributed by atoms with Gasteiger partial charge in [-0.05, 0) is 54.3 Å². The van der Waals surface area contributed by atoms with Crippen molar-refractivity contribution in [2.75, 3.05) is 31.8 Å². The maximum absolute atomic E-state index is 11.7. The van der Waals surface area contributed by atoms with Crippen molar-refractivity contribution in [3.8, 4) is 11.5 Å². The molecule has 2 aliphatic rings. The normalized spacial score (nSPS) is 15.6. The molecule has 0 spiro atoms. The summed E-state index contributed by atoms with van der Waals surface area (Å²) in [5, 5.41) is 2.96. The molecule has 1 saturated heterocycles. The number of halogens is 1. The summed E-state index contributed by atoms with van der Waals surface area (Å²) in [6, 6.07) is 9.75. The van der Waals surface area contributed by atoms with Gasteiger partial charge in [-0.3, -0.25) is 14.5 Å². The molecule has 2 aliphatic heterocycles. The first-order valence-electron chi connectivity index (χ1n) is 10.4. The summed E-state index contributed by atoms with van der Waals surface area (Å²) in [5.74, 6) is 0.927. The molecule has 2 aromatic rings. The minimum Gasteiger partial charge on any atom is -0.493 e. The van der Waals surface area contributed by atoms with Gasteiger partial charge in [0.2, 0.25) is 11.8 Å². The molecule has 0 aliphatic carbocycles. The molecule has 8 heteroatoms. The number of amides is 2. The van der Waals surface area contributed by atoms with Crippen molar-refractivity contribution in [2.45, 2.75) is 32.7 Å². The quantitative estimate of drug-likeness (QED) is 0.631. The molecule has 4 rings (SSSR count). The molecule has 0 bridgehead atoms. The standard InChI is InChI=1S/C23H26ClN3O4/c1-15-17-9-10-27(19(17)5-4-18(15)24)25-14-16-3-6-20(21(13-16)30-2)31-12-11-26-22(28)7-8-23(26)29/h3-6,13,25H,7-12,14H2,1-2H3. The molecule has 0 unspecified atom stereocenters. The van der Waals surface area contributed by atoms with Gasteiger partial charge in [0, 0.05) is 31.0 Å². The van der Waals surface area contributed by atoms with Gasteiger partial charge in [0.1, 0.15) is 6.61 Å². The molecule has 1 N–H and O–H groups in total. The van der Waals surface area contributed by atoms with E-state index in [1.165, 1.54) is 16.2 Å². The minimum atomic E-state index is -0.136. The number of imide groups is 1. The van der Waals surface area contributed by atoms with Crippen LogP contribution in [0.1, 0.15) is 29.5 Å². The molecule has 2 amide bonds. The largest absolute Gasteiger partial charge is 0.493 e. The Hall–Kier alpha value is -2.77. The van der Waals surface area contributed by atoms with E-state index in [2.05, 4.69) is 23.4 Å². The van der Waals surface area contributed by atoms with Crippen molar-refractivity contribution in [3.63, 3.8) is 0 Å². The van der Waals surface area contributed by atoms with E-state index in [-0.39, 0.29) is 37.8 Å². The molecule has 0 atom stereocenters. The van der Waals surface area contributed by atoms with Crippen molar-refractivity contribution in [1.29, 1.82) is 0 Å². The molecule has 0 aromatic heterocycles. The first-order valence-corrected chi connectivity index (χ1v) is 10.8. The average Bonchev–Trinajstić information content (AvgIpc) is 3.33. The van der Waals surface area contributed by atoms with E-state index >= 15 is 0 Å². The fourth-order valence-corrected chi connectivity index (χ4v) is 4.21. The van der Waals surface area contributed by atoms with Crippen LogP contribution in [0.2, 0.25) is 5.02 Å².